The first kappa shape index (κ1) is 20.3. The van der Waals surface area contributed by atoms with E-state index in [0.29, 0.717) is 18.5 Å². The molecule has 2 amide bonds. The molecule has 2 aromatic rings. The van der Waals surface area contributed by atoms with Gasteiger partial charge in [-0.25, -0.2) is 4.39 Å². The Kier molecular flexibility index (Phi) is 6.31. The van der Waals surface area contributed by atoms with E-state index in [0.717, 1.165) is 36.2 Å². The number of carbonyl (C=O) groups excluding carboxylic acids is 2. The number of carbonyl (C=O) groups is 2. The maximum Gasteiger partial charge on any atom is 0.228 e. The summed E-state index contributed by atoms with van der Waals surface area (Å²) in [5.41, 5.74) is 3.39. The molecule has 0 unspecified atom stereocenters. The molecule has 1 heterocycles. The molecule has 0 aromatic heterocycles. The summed E-state index contributed by atoms with van der Waals surface area (Å²) in [6, 6.07) is 10.7. The average molecular weight is 404 g/mol. The lowest BCUT2D eigenvalue weighted by atomic mass is 9.99. The molecule has 148 valence electrons. The molecular formula is C21H23ClFN3O2. The third kappa shape index (κ3) is 4.69. The van der Waals surface area contributed by atoms with Crippen LogP contribution in [-0.4, -0.2) is 18.4 Å². The van der Waals surface area contributed by atoms with Gasteiger partial charge in [0.25, 0.3) is 0 Å². The third-order valence-corrected chi connectivity index (χ3v) is 5.02. The molecule has 28 heavy (non-hydrogen) atoms. The lowest BCUT2D eigenvalue weighted by molar-refractivity contribution is -0.117. The van der Waals surface area contributed by atoms with E-state index in [1.807, 2.05) is 6.07 Å². The van der Waals surface area contributed by atoms with E-state index < -0.39 is 0 Å². The molecule has 0 spiro atoms. The highest BCUT2D eigenvalue weighted by atomic mass is 35.5. The molecule has 2 aliphatic rings. The first-order chi connectivity index (χ1) is 13.1. The van der Waals surface area contributed by atoms with Gasteiger partial charge in [-0.2, -0.15) is 0 Å². The molecule has 0 radical (unpaired) electrons. The first-order valence-corrected chi connectivity index (χ1v) is 9.31. The molecular weight excluding hydrogens is 381 g/mol. The van der Waals surface area contributed by atoms with E-state index in [1.165, 1.54) is 0 Å². The van der Waals surface area contributed by atoms with Crippen LogP contribution in [0.5, 0.6) is 0 Å². The third-order valence-electron chi connectivity index (χ3n) is 5.02. The second kappa shape index (κ2) is 8.71. The maximum atomic E-state index is 14.6. The summed E-state index contributed by atoms with van der Waals surface area (Å²) >= 11 is 0. The fourth-order valence-corrected chi connectivity index (χ4v) is 3.31. The average Bonchev–Trinajstić information content (AvgIpc) is 3.51. The van der Waals surface area contributed by atoms with Crippen molar-refractivity contribution in [3.63, 3.8) is 0 Å². The lowest BCUT2D eigenvalue weighted by Crippen LogP contribution is -2.25. The van der Waals surface area contributed by atoms with Gasteiger partial charge in [0.1, 0.15) is 5.82 Å². The van der Waals surface area contributed by atoms with E-state index in [9.17, 15) is 14.0 Å². The fourth-order valence-electron chi connectivity index (χ4n) is 3.31. The summed E-state index contributed by atoms with van der Waals surface area (Å²) < 4.78 is 14.6. The van der Waals surface area contributed by atoms with Gasteiger partial charge in [0.2, 0.25) is 11.8 Å². The minimum Gasteiger partial charge on any atom is -0.326 e. The number of anilines is 2. The second-order valence-corrected chi connectivity index (χ2v) is 7.18. The van der Waals surface area contributed by atoms with Gasteiger partial charge >= 0.3 is 0 Å². The van der Waals surface area contributed by atoms with Crippen molar-refractivity contribution in [1.82, 2.24) is 5.32 Å². The van der Waals surface area contributed by atoms with E-state index in [-0.39, 0.29) is 48.1 Å². The van der Waals surface area contributed by atoms with Crippen molar-refractivity contribution in [3.8, 4) is 0 Å². The number of fused-ring (bicyclic) bond motifs is 1. The summed E-state index contributed by atoms with van der Waals surface area (Å²) in [6.07, 6.45) is 2.69. The Hall–Kier alpha value is -2.44. The predicted molar refractivity (Wildman–Crippen MR) is 109 cm³/mol. The summed E-state index contributed by atoms with van der Waals surface area (Å²) in [5, 5.41) is 8.75. The quantitative estimate of drug-likeness (QED) is 0.716. The summed E-state index contributed by atoms with van der Waals surface area (Å²) in [4.78, 5) is 24.1. The molecule has 2 aromatic carbocycles. The SMILES string of the molecule is Cl.O=C(Cc1ccc(NC(=O)C2CC2)cc1)Nc1ccc2c(c1F)CCNC2. The van der Waals surface area contributed by atoms with Crippen LogP contribution in [0, 0.1) is 11.7 Å². The lowest BCUT2D eigenvalue weighted by Gasteiger charge is -2.19. The van der Waals surface area contributed by atoms with Gasteiger partial charge < -0.3 is 16.0 Å². The molecule has 1 aliphatic heterocycles. The van der Waals surface area contributed by atoms with Crippen molar-refractivity contribution in [3.05, 3.63) is 58.9 Å². The largest absolute Gasteiger partial charge is 0.326 e. The first-order valence-electron chi connectivity index (χ1n) is 9.31. The Balaban J connectivity index is 0.00000225. The van der Waals surface area contributed by atoms with Crippen LogP contribution in [0.15, 0.2) is 36.4 Å². The Morgan fingerprint density at radius 2 is 1.82 bits per heavy atom. The van der Waals surface area contributed by atoms with Crippen LogP contribution in [0.25, 0.3) is 0 Å². The highest BCUT2D eigenvalue weighted by Gasteiger charge is 2.29. The molecule has 1 saturated carbocycles. The number of benzene rings is 2. The van der Waals surface area contributed by atoms with Crippen molar-refractivity contribution >= 4 is 35.6 Å². The monoisotopic (exact) mass is 403 g/mol. The van der Waals surface area contributed by atoms with Gasteiger partial charge in [-0.1, -0.05) is 18.2 Å². The van der Waals surface area contributed by atoms with Crippen LogP contribution in [0.2, 0.25) is 0 Å². The van der Waals surface area contributed by atoms with Crippen LogP contribution in [0.4, 0.5) is 15.8 Å². The molecule has 7 heteroatoms. The summed E-state index contributed by atoms with van der Waals surface area (Å²) in [6.45, 7) is 1.40. The van der Waals surface area contributed by atoms with Gasteiger partial charge in [-0.05, 0) is 60.7 Å². The van der Waals surface area contributed by atoms with Crippen LogP contribution in [0.3, 0.4) is 0 Å². The van der Waals surface area contributed by atoms with Crippen molar-refractivity contribution in [2.24, 2.45) is 5.92 Å². The van der Waals surface area contributed by atoms with Crippen molar-refractivity contribution in [1.29, 1.82) is 0 Å². The number of amides is 2. The van der Waals surface area contributed by atoms with Gasteiger partial charge in [-0.15, -0.1) is 12.4 Å². The number of nitrogens with one attached hydrogen (secondary N) is 3. The zero-order chi connectivity index (χ0) is 18.8. The van der Waals surface area contributed by atoms with Gasteiger partial charge in [0.15, 0.2) is 0 Å². The van der Waals surface area contributed by atoms with Crippen LogP contribution in [-0.2, 0) is 29.0 Å². The zero-order valence-electron chi connectivity index (χ0n) is 15.4. The molecule has 5 nitrogen and oxygen atoms in total. The predicted octanol–water partition coefficient (Wildman–Crippen LogP) is 3.42. The Labute approximate surface area is 169 Å². The maximum absolute atomic E-state index is 14.6. The fraction of sp³-hybridized carbons (Fsp3) is 0.333. The van der Waals surface area contributed by atoms with E-state index in [2.05, 4.69) is 16.0 Å². The standard InChI is InChI=1S/C21H22FN3O2.ClH/c22-20-17-9-10-23-12-15(17)5-8-18(20)25-19(26)11-13-1-6-16(7-2-13)24-21(27)14-3-4-14;/h1-2,5-8,14,23H,3-4,9-12H2,(H,24,27)(H,25,26);1H. The van der Waals surface area contributed by atoms with Crippen molar-refractivity contribution < 1.29 is 14.0 Å². The Morgan fingerprint density at radius 3 is 2.54 bits per heavy atom. The topological polar surface area (TPSA) is 70.2 Å². The molecule has 0 atom stereocenters. The molecule has 0 saturated heterocycles. The highest BCUT2D eigenvalue weighted by molar-refractivity contribution is 5.94. The molecule has 3 N–H and O–H groups in total. The molecule has 0 bridgehead atoms. The van der Waals surface area contributed by atoms with Crippen LogP contribution < -0.4 is 16.0 Å². The minimum atomic E-state index is -0.333. The molecule has 4 rings (SSSR count). The highest BCUT2D eigenvalue weighted by Crippen LogP contribution is 2.30. The molecule has 1 fully saturated rings. The van der Waals surface area contributed by atoms with E-state index in [4.69, 9.17) is 0 Å². The Morgan fingerprint density at radius 1 is 1.07 bits per heavy atom. The number of halogens is 2. The number of rotatable bonds is 5. The van der Waals surface area contributed by atoms with Crippen molar-refractivity contribution in [2.75, 3.05) is 17.2 Å². The van der Waals surface area contributed by atoms with E-state index >= 15 is 0 Å². The second-order valence-electron chi connectivity index (χ2n) is 7.18. The number of hydrogen-bond donors (Lipinski definition) is 3. The van der Waals surface area contributed by atoms with Crippen molar-refractivity contribution in [2.45, 2.75) is 32.2 Å². The molecule has 1 aliphatic carbocycles. The van der Waals surface area contributed by atoms with Gasteiger partial charge in [0, 0.05) is 18.2 Å². The van der Waals surface area contributed by atoms with Crippen LogP contribution in [0.1, 0.15) is 29.5 Å². The zero-order valence-corrected chi connectivity index (χ0v) is 16.2. The Bertz CT molecular complexity index is 882. The minimum absolute atomic E-state index is 0. The number of hydrogen-bond acceptors (Lipinski definition) is 3. The van der Waals surface area contributed by atoms with Gasteiger partial charge in [-0.3, -0.25) is 9.59 Å². The van der Waals surface area contributed by atoms with Crippen LogP contribution >= 0.6 is 12.4 Å². The normalized spacial score (nSPS) is 15.2. The smallest absolute Gasteiger partial charge is 0.228 e. The summed E-state index contributed by atoms with van der Waals surface area (Å²) in [7, 11) is 0. The van der Waals surface area contributed by atoms with E-state index in [1.54, 1.807) is 30.3 Å². The summed E-state index contributed by atoms with van der Waals surface area (Å²) in [5.74, 6) is -0.394. The van der Waals surface area contributed by atoms with Gasteiger partial charge in [0.05, 0.1) is 12.1 Å².